The summed E-state index contributed by atoms with van der Waals surface area (Å²) >= 11 is 1.83. The van der Waals surface area contributed by atoms with Crippen LogP contribution < -0.4 is 10.6 Å². The number of nitrogens with zero attached hydrogens (tertiary/aromatic N) is 5. The van der Waals surface area contributed by atoms with Crippen molar-refractivity contribution in [3.05, 3.63) is 85.1 Å². The van der Waals surface area contributed by atoms with Gasteiger partial charge in [-0.2, -0.15) is 4.98 Å². The largest absolute Gasteiger partial charge is 0.461 e. The molecular weight excluding hydrogens is 660 g/mol. The first kappa shape index (κ1) is 32.7. The lowest BCUT2D eigenvalue weighted by atomic mass is 10.1. The predicted molar refractivity (Wildman–Crippen MR) is 179 cm³/mol. The zero-order chi connectivity index (χ0) is 33.5. The molecule has 2 unspecified atom stereocenters. The van der Waals surface area contributed by atoms with Gasteiger partial charge in [0.1, 0.15) is 11.0 Å². The number of rotatable bonds is 14. The van der Waals surface area contributed by atoms with Crippen LogP contribution in [-0.4, -0.2) is 66.2 Å². The fourth-order valence-corrected chi connectivity index (χ4v) is 6.18. The van der Waals surface area contributed by atoms with Gasteiger partial charge in [-0.3, -0.25) is 19.3 Å². The number of anilines is 2. The maximum atomic E-state index is 14.7. The highest BCUT2D eigenvalue weighted by Crippen LogP contribution is 2.32. The van der Waals surface area contributed by atoms with Gasteiger partial charge in [-0.1, -0.05) is 30.0 Å². The molecule has 6 rings (SSSR count). The van der Waals surface area contributed by atoms with Gasteiger partial charge in [0, 0.05) is 30.6 Å². The molecule has 0 spiro atoms. The first-order valence-electron chi connectivity index (χ1n) is 14.6. The minimum absolute atomic E-state index is 0.0704. The number of ether oxygens (including phenoxy) is 1. The Labute approximate surface area is 282 Å². The third kappa shape index (κ3) is 7.67. The number of methoxy groups -OCH3 is 1. The van der Waals surface area contributed by atoms with Gasteiger partial charge in [-0.15, -0.1) is 15.3 Å². The summed E-state index contributed by atoms with van der Waals surface area (Å²) in [4.78, 5) is 29.7. The molecular formula is C32H29FN8O5S2. The van der Waals surface area contributed by atoms with Crippen molar-refractivity contribution >= 4 is 46.7 Å². The van der Waals surface area contributed by atoms with E-state index < -0.39 is 16.7 Å². The number of hydrogen-bond donors (Lipinski definition) is 3. The number of carbonyl (C=O) groups excluding carboxylic acids is 2. The fraction of sp³-hybridized carbons (Fsp3) is 0.188. The number of amides is 2. The number of halogens is 1. The second-order valence-electron chi connectivity index (χ2n) is 10.1. The second-order valence-corrected chi connectivity index (χ2v) is 12.3. The maximum absolute atomic E-state index is 14.7. The predicted octanol–water partition coefficient (Wildman–Crippen LogP) is 6.38. The Morgan fingerprint density at radius 1 is 0.917 bits per heavy atom. The summed E-state index contributed by atoms with van der Waals surface area (Å²) in [6.45, 7) is 2.66. The van der Waals surface area contributed by atoms with Gasteiger partial charge in [0.05, 0.1) is 12.9 Å². The van der Waals surface area contributed by atoms with Gasteiger partial charge >= 0.3 is 0 Å². The Balaban J connectivity index is 1.08. The molecule has 0 saturated carbocycles. The molecule has 16 heteroatoms. The monoisotopic (exact) mass is 688 g/mol. The molecule has 4 heterocycles. The van der Waals surface area contributed by atoms with Crippen molar-refractivity contribution < 1.29 is 27.6 Å². The molecule has 0 bridgehead atoms. The third-order valence-corrected chi connectivity index (χ3v) is 8.79. The molecule has 0 aliphatic carbocycles. The summed E-state index contributed by atoms with van der Waals surface area (Å²) in [5.41, 5.74) is -0.125. The quantitative estimate of drug-likeness (QED) is 0.109. The molecule has 2 aromatic carbocycles. The van der Waals surface area contributed by atoms with Crippen molar-refractivity contribution in [2.45, 2.75) is 34.5 Å². The van der Waals surface area contributed by atoms with Crippen LogP contribution >= 0.6 is 23.5 Å². The lowest BCUT2D eigenvalue weighted by Crippen LogP contribution is -2.29. The number of nitrogens with one attached hydrogen (secondary N) is 3. The summed E-state index contributed by atoms with van der Waals surface area (Å²) < 4.78 is 33.3. The minimum Gasteiger partial charge on any atom is -0.461 e. The van der Waals surface area contributed by atoms with Crippen LogP contribution in [0, 0.1) is 0 Å². The normalized spacial score (nSPS) is 12.5. The van der Waals surface area contributed by atoms with Gasteiger partial charge < -0.3 is 24.2 Å². The number of furan rings is 2. The molecule has 0 radical (unpaired) electrons. The lowest BCUT2D eigenvalue weighted by molar-refractivity contribution is -0.118. The number of para-hydroxylation sites is 1. The van der Waals surface area contributed by atoms with E-state index in [0.717, 1.165) is 5.56 Å². The molecule has 2 atom stereocenters. The first-order valence-corrected chi connectivity index (χ1v) is 16.4. The van der Waals surface area contributed by atoms with E-state index >= 15 is 0 Å². The molecule has 246 valence electrons. The topological polar surface area (TPSA) is 166 Å². The van der Waals surface area contributed by atoms with Crippen molar-refractivity contribution in [3.8, 4) is 34.5 Å². The van der Waals surface area contributed by atoms with Gasteiger partial charge in [0.15, 0.2) is 22.5 Å². The van der Waals surface area contributed by atoms with E-state index in [-0.39, 0.29) is 17.7 Å². The van der Waals surface area contributed by atoms with E-state index in [0.29, 0.717) is 63.8 Å². The van der Waals surface area contributed by atoms with Crippen LogP contribution in [0.5, 0.6) is 0 Å². The van der Waals surface area contributed by atoms with Crippen LogP contribution in [0.4, 0.5) is 15.8 Å². The molecule has 13 nitrogen and oxygen atoms in total. The average Bonchev–Trinajstić information content (AvgIpc) is 3.93. The van der Waals surface area contributed by atoms with Crippen molar-refractivity contribution in [1.82, 2.24) is 29.9 Å². The summed E-state index contributed by atoms with van der Waals surface area (Å²) in [5, 5.41) is 20.8. The summed E-state index contributed by atoms with van der Waals surface area (Å²) in [6.07, 6.45) is 1.48. The fourth-order valence-electron chi connectivity index (χ4n) is 4.53. The number of thioether (sulfide) groups is 2. The van der Waals surface area contributed by atoms with Crippen LogP contribution in [0.15, 0.2) is 104 Å². The van der Waals surface area contributed by atoms with Crippen molar-refractivity contribution in [2.24, 2.45) is 0 Å². The minimum atomic E-state index is -1.94. The Morgan fingerprint density at radius 2 is 1.67 bits per heavy atom. The molecule has 2 amide bonds. The van der Waals surface area contributed by atoms with E-state index in [2.05, 4.69) is 36.0 Å². The Kier molecular flexibility index (Phi) is 10.3. The highest BCUT2D eigenvalue weighted by atomic mass is 32.2. The number of hydrogen-bond acceptors (Lipinski definition) is 11. The molecule has 6 aromatic rings. The van der Waals surface area contributed by atoms with E-state index in [1.807, 2.05) is 41.8 Å². The Morgan fingerprint density at radius 3 is 2.40 bits per heavy atom. The summed E-state index contributed by atoms with van der Waals surface area (Å²) in [5.74, 6) is 1.26. The third-order valence-electron chi connectivity index (χ3n) is 6.83. The smallest absolute Gasteiger partial charge is 0.269 e. The van der Waals surface area contributed by atoms with Crippen molar-refractivity contribution in [2.75, 3.05) is 24.4 Å². The highest BCUT2D eigenvalue weighted by molar-refractivity contribution is 8.00. The molecule has 4 aromatic heterocycles. The number of benzene rings is 2. The number of alkyl halides is 1. The highest BCUT2D eigenvalue weighted by Gasteiger charge is 2.26. The van der Waals surface area contributed by atoms with Crippen LogP contribution in [0.3, 0.4) is 0 Å². The molecule has 3 N–H and O–H groups in total. The van der Waals surface area contributed by atoms with Gasteiger partial charge in [0.25, 0.3) is 5.91 Å². The van der Waals surface area contributed by atoms with Crippen molar-refractivity contribution in [1.29, 1.82) is 0 Å². The zero-order valence-corrected chi connectivity index (χ0v) is 27.3. The lowest BCUT2D eigenvalue weighted by Gasteiger charge is -2.15. The van der Waals surface area contributed by atoms with Gasteiger partial charge in [0.2, 0.25) is 22.4 Å². The number of carbonyl (C=O) groups is 2. The molecule has 0 fully saturated rings. The van der Waals surface area contributed by atoms with Crippen molar-refractivity contribution in [3.63, 3.8) is 0 Å². The maximum Gasteiger partial charge on any atom is 0.269 e. The average molecular weight is 689 g/mol. The molecule has 0 aliphatic rings. The molecule has 0 saturated heterocycles. The van der Waals surface area contributed by atoms with Gasteiger partial charge in [-0.25, -0.2) is 4.39 Å². The van der Waals surface area contributed by atoms with E-state index in [9.17, 15) is 14.0 Å². The number of H-pyrrole nitrogens is 1. The van der Waals surface area contributed by atoms with E-state index in [1.54, 1.807) is 55.6 Å². The molecule has 0 aliphatic heterocycles. The summed E-state index contributed by atoms with van der Waals surface area (Å²) in [7, 11) is 1.54. The van der Waals surface area contributed by atoms with Crippen LogP contribution in [0.25, 0.3) is 34.5 Å². The zero-order valence-electron chi connectivity index (χ0n) is 25.6. The number of aromatic amines is 1. The second kappa shape index (κ2) is 15.1. The SMILES string of the molecule is CCn1c(SC(COC)C(=O)Nc2ccccc2)nnc1-c1ccc(-c2ccc(NC(=O)C(F)Sc3n[nH]c(-c4ccco4)n3)cc2)o1. The van der Waals surface area contributed by atoms with Crippen LogP contribution in [0.2, 0.25) is 0 Å². The Hall–Kier alpha value is -5.19. The van der Waals surface area contributed by atoms with Crippen LogP contribution in [-0.2, 0) is 20.9 Å². The molecule has 48 heavy (non-hydrogen) atoms. The number of aromatic nitrogens is 6. The Bertz CT molecular complexity index is 1960. The van der Waals surface area contributed by atoms with E-state index in [1.165, 1.54) is 18.0 Å². The van der Waals surface area contributed by atoms with Crippen LogP contribution in [0.1, 0.15) is 6.92 Å². The van der Waals surface area contributed by atoms with E-state index in [4.69, 9.17) is 13.6 Å². The summed E-state index contributed by atoms with van der Waals surface area (Å²) in [6, 6.07) is 23.0. The first-order chi connectivity index (χ1) is 23.4. The standard InChI is InChI=1S/C32H29FN8O5S2/c1-3-41-28(38-40-32(41)47-25(18-44-2)29(42)34-20-8-5-4-6-9-20)24-16-15-22(46-24)19-11-13-21(14-12-19)35-30(43)26(33)48-31-36-27(37-39-31)23-10-7-17-45-23/h4-17,25-26H,3,18H2,1-2H3,(H,34,42)(H,35,43)(H,36,37,39). The van der Waals surface area contributed by atoms with Gasteiger partial charge in [-0.05, 0) is 79.3 Å².